The summed E-state index contributed by atoms with van der Waals surface area (Å²) in [6, 6.07) is 24.4. The van der Waals surface area contributed by atoms with Gasteiger partial charge in [-0.05, 0) is 36.4 Å². The molecule has 1 fully saturated rings. The molecular formula is C36H34N2O11. The molecule has 0 aliphatic carbocycles. The van der Waals surface area contributed by atoms with E-state index in [1.807, 2.05) is 0 Å². The summed E-state index contributed by atoms with van der Waals surface area (Å²) in [5, 5.41) is 0. The van der Waals surface area contributed by atoms with Gasteiger partial charge in [0, 0.05) is 5.92 Å². The first-order valence-corrected chi connectivity index (χ1v) is 15.3. The highest BCUT2D eigenvalue weighted by atomic mass is 16.7. The number of carbonyl (C=O) groups excluding carboxylic acids is 5. The zero-order valence-electron chi connectivity index (χ0n) is 27.1. The minimum Gasteiger partial charge on any atom is -0.464 e. The maximum atomic E-state index is 13.6. The Kier molecular flexibility index (Phi) is 10.8. The second-order valence-electron chi connectivity index (χ2n) is 11.2. The van der Waals surface area contributed by atoms with Crippen LogP contribution in [0.15, 0.2) is 91.0 Å². The van der Waals surface area contributed by atoms with Crippen molar-refractivity contribution in [2.75, 3.05) is 20.8 Å². The van der Waals surface area contributed by atoms with Gasteiger partial charge in [0.2, 0.25) is 0 Å². The lowest BCUT2D eigenvalue weighted by atomic mass is 10.1. The standard InChI is InChI=1S/C36H34N2O11/c1-21(2)30-37-26(35(42)44-3)27(36(43)45-4)38(30)31-29(49-34(41)24-18-12-7-13-19-24)28(48-33(40)23-16-10-6-11-17-23)25(47-31)20-46-32(39)22-14-8-5-9-15-22/h5-19,21,25,28-29,31H,20H2,1-4H3/t25-,28-,29-,31-/m1/s1. The van der Waals surface area contributed by atoms with E-state index >= 15 is 0 Å². The molecule has 1 aromatic heterocycles. The molecule has 13 heteroatoms. The van der Waals surface area contributed by atoms with E-state index in [2.05, 4.69) is 4.98 Å². The highest BCUT2D eigenvalue weighted by Gasteiger charge is 2.53. The Bertz CT molecular complexity index is 1810. The van der Waals surface area contributed by atoms with Crippen molar-refractivity contribution in [3.8, 4) is 0 Å². The van der Waals surface area contributed by atoms with E-state index in [0.717, 1.165) is 14.2 Å². The van der Waals surface area contributed by atoms with E-state index in [0.29, 0.717) is 0 Å². The summed E-state index contributed by atoms with van der Waals surface area (Å²) in [6.07, 6.45) is -5.56. The maximum absolute atomic E-state index is 13.6. The van der Waals surface area contributed by atoms with Crippen LogP contribution in [0.25, 0.3) is 0 Å². The zero-order valence-corrected chi connectivity index (χ0v) is 27.1. The van der Waals surface area contributed by atoms with Crippen LogP contribution in [0.5, 0.6) is 0 Å². The number of ether oxygens (including phenoxy) is 6. The molecule has 0 N–H and O–H groups in total. The van der Waals surface area contributed by atoms with Crippen LogP contribution in [0.4, 0.5) is 0 Å². The van der Waals surface area contributed by atoms with Crippen LogP contribution in [-0.4, -0.2) is 78.5 Å². The lowest BCUT2D eigenvalue weighted by molar-refractivity contribution is -0.0643. The van der Waals surface area contributed by atoms with Crippen molar-refractivity contribution < 1.29 is 52.4 Å². The summed E-state index contributed by atoms with van der Waals surface area (Å²) in [6.45, 7) is 3.05. The van der Waals surface area contributed by atoms with Gasteiger partial charge in [0.15, 0.2) is 29.8 Å². The average Bonchev–Trinajstić information content (AvgIpc) is 3.69. The molecule has 1 aliphatic heterocycles. The number of nitrogens with zero attached hydrogens (tertiary/aromatic N) is 2. The van der Waals surface area contributed by atoms with Crippen LogP contribution in [-0.2, 0) is 28.4 Å². The Morgan fingerprint density at radius 1 is 0.673 bits per heavy atom. The molecule has 0 saturated carbocycles. The van der Waals surface area contributed by atoms with E-state index < -0.39 is 66.9 Å². The van der Waals surface area contributed by atoms with Gasteiger partial charge >= 0.3 is 29.8 Å². The van der Waals surface area contributed by atoms with Gasteiger partial charge in [0.05, 0.1) is 30.9 Å². The molecular weight excluding hydrogens is 636 g/mol. The SMILES string of the molecule is COC(=O)c1nc(C(C)C)n([C@@H]2O[C@H](COC(=O)c3ccccc3)[C@@H](OC(=O)c3ccccc3)[C@H]2OC(=O)c2ccccc2)c1C(=O)OC. The molecule has 3 aromatic carbocycles. The van der Waals surface area contributed by atoms with Gasteiger partial charge in [-0.15, -0.1) is 0 Å². The van der Waals surface area contributed by atoms with Gasteiger partial charge in [-0.2, -0.15) is 0 Å². The molecule has 2 heterocycles. The van der Waals surface area contributed by atoms with Gasteiger partial charge in [-0.25, -0.2) is 29.0 Å². The summed E-state index contributed by atoms with van der Waals surface area (Å²) in [5.41, 5.74) is -0.0980. The Morgan fingerprint density at radius 3 is 1.61 bits per heavy atom. The fraction of sp³-hybridized carbons (Fsp3) is 0.278. The van der Waals surface area contributed by atoms with Crippen molar-refractivity contribution in [1.82, 2.24) is 9.55 Å². The van der Waals surface area contributed by atoms with Gasteiger partial charge in [-0.1, -0.05) is 68.4 Å². The number of esters is 5. The van der Waals surface area contributed by atoms with Gasteiger partial charge < -0.3 is 28.4 Å². The molecule has 49 heavy (non-hydrogen) atoms. The predicted octanol–water partition coefficient (Wildman–Crippen LogP) is 4.79. The molecule has 5 rings (SSSR count). The van der Waals surface area contributed by atoms with Crippen LogP contribution in [0.3, 0.4) is 0 Å². The van der Waals surface area contributed by atoms with Crippen LogP contribution in [0, 0.1) is 0 Å². The lowest BCUT2D eigenvalue weighted by Gasteiger charge is -2.26. The van der Waals surface area contributed by atoms with E-state index in [1.165, 1.54) is 28.8 Å². The normalized spacial score (nSPS) is 18.4. The molecule has 0 radical (unpaired) electrons. The van der Waals surface area contributed by atoms with Gasteiger partial charge in [0.25, 0.3) is 0 Å². The first-order valence-electron chi connectivity index (χ1n) is 15.3. The summed E-state index contributed by atoms with van der Waals surface area (Å²) in [5.74, 6) is -4.44. The quantitative estimate of drug-likeness (QED) is 0.159. The number of imidazole rings is 1. The number of rotatable bonds is 11. The molecule has 4 atom stereocenters. The molecule has 1 aliphatic rings. The number of hydrogen-bond acceptors (Lipinski definition) is 12. The van der Waals surface area contributed by atoms with Crippen molar-refractivity contribution >= 4 is 29.8 Å². The maximum Gasteiger partial charge on any atom is 0.359 e. The van der Waals surface area contributed by atoms with Crippen molar-refractivity contribution in [3.63, 3.8) is 0 Å². The van der Waals surface area contributed by atoms with Crippen molar-refractivity contribution in [2.45, 2.75) is 44.3 Å². The molecule has 0 unspecified atom stereocenters. The highest BCUT2D eigenvalue weighted by Crippen LogP contribution is 2.39. The van der Waals surface area contributed by atoms with E-state index in [9.17, 15) is 24.0 Å². The van der Waals surface area contributed by atoms with Crippen LogP contribution in [0.2, 0.25) is 0 Å². The Balaban J connectivity index is 1.64. The first-order chi connectivity index (χ1) is 23.6. The molecule has 1 saturated heterocycles. The van der Waals surface area contributed by atoms with Crippen LogP contribution >= 0.6 is 0 Å². The van der Waals surface area contributed by atoms with E-state index in [1.54, 1.807) is 80.6 Å². The molecule has 254 valence electrons. The van der Waals surface area contributed by atoms with Crippen LogP contribution in [0.1, 0.15) is 83.9 Å². The smallest absolute Gasteiger partial charge is 0.359 e. The third-order valence-electron chi connectivity index (χ3n) is 7.65. The Hall–Kier alpha value is -5.82. The second-order valence-corrected chi connectivity index (χ2v) is 11.2. The molecule has 0 amide bonds. The van der Waals surface area contributed by atoms with E-state index in [4.69, 9.17) is 28.4 Å². The summed E-state index contributed by atoms with van der Waals surface area (Å²) < 4.78 is 35.2. The first kappa shape index (κ1) is 34.5. The monoisotopic (exact) mass is 670 g/mol. The second kappa shape index (κ2) is 15.4. The number of benzene rings is 3. The average molecular weight is 671 g/mol. The highest BCUT2D eigenvalue weighted by molar-refractivity contribution is 6.01. The van der Waals surface area contributed by atoms with Gasteiger partial charge in [-0.3, -0.25) is 4.57 Å². The largest absolute Gasteiger partial charge is 0.464 e. The minimum atomic E-state index is -1.47. The summed E-state index contributed by atoms with van der Waals surface area (Å²) >= 11 is 0. The van der Waals surface area contributed by atoms with Crippen LogP contribution < -0.4 is 0 Å². The molecule has 0 bridgehead atoms. The summed E-state index contributed by atoms with van der Waals surface area (Å²) in [7, 11) is 2.25. The zero-order chi connectivity index (χ0) is 35.1. The number of methoxy groups -OCH3 is 2. The number of hydrogen-bond donors (Lipinski definition) is 0. The van der Waals surface area contributed by atoms with Crippen molar-refractivity contribution in [3.05, 3.63) is 125 Å². The van der Waals surface area contributed by atoms with Gasteiger partial charge in [0.1, 0.15) is 18.5 Å². The Morgan fingerprint density at radius 2 is 1.14 bits per heavy atom. The predicted molar refractivity (Wildman–Crippen MR) is 171 cm³/mol. The third kappa shape index (κ3) is 7.52. The number of aromatic nitrogens is 2. The molecule has 0 spiro atoms. The van der Waals surface area contributed by atoms with E-state index in [-0.39, 0.29) is 33.9 Å². The minimum absolute atomic E-state index is 0.168. The topological polar surface area (TPSA) is 159 Å². The van der Waals surface area contributed by atoms with Crippen molar-refractivity contribution in [1.29, 1.82) is 0 Å². The summed E-state index contributed by atoms with van der Waals surface area (Å²) in [4.78, 5) is 70.7. The Labute approximate surface area is 281 Å². The fourth-order valence-corrected chi connectivity index (χ4v) is 5.31. The third-order valence-corrected chi connectivity index (χ3v) is 7.65. The molecule has 13 nitrogen and oxygen atoms in total. The van der Waals surface area contributed by atoms with Crippen molar-refractivity contribution in [2.24, 2.45) is 0 Å². The lowest BCUT2D eigenvalue weighted by Crippen LogP contribution is -2.41. The molecule has 4 aromatic rings. The fourth-order valence-electron chi connectivity index (χ4n) is 5.31. The number of carbonyl (C=O) groups is 5.